The van der Waals surface area contributed by atoms with Crippen LogP contribution < -0.4 is 5.56 Å². The van der Waals surface area contributed by atoms with E-state index in [0.29, 0.717) is 10.6 Å². The van der Waals surface area contributed by atoms with E-state index in [1.54, 1.807) is 6.07 Å². The molecule has 0 atom stereocenters. The third-order valence-corrected chi connectivity index (χ3v) is 1.59. The largest absolute Gasteiger partial charge is 0.425 e. The quantitative estimate of drug-likeness (QED) is 0.616. The average Bonchev–Trinajstić information content (AvgIpc) is 1.94. The Balaban J connectivity index is 3.16. The molecule has 0 fully saturated rings. The normalized spacial score (nSPS) is 10.5. The van der Waals surface area contributed by atoms with Gasteiger partial charge in [-0.2, -0.15) is 4.73 Å². The monoisotopic (exact) mass is 153 g/mol. The van der Waals surface area contributed by atoms with Crippen LogP contribution in [0, 0.1) is 0 Å². The maximum absolute atomic E-state index is 10.9. The summed E-state index contributed by atoms with van der Waals surface area (Å²) < 4.78 is 0.575. The molecule has 0 saturated carbocycles. The highest BCUT2D eigenvalue weighted by Crippen LogP contribution is 2.09. The lowest BCUT2D eigenvalue weighted by Gasteiger charge is -2.03. The van der Waals surface area contributed by atoms with Gasteiger partial charge in [0, 0.05) is 12.3 Å². The van der Waals surface area contributed by atoms with E-state index >= 15 is 0 Å². The Hall–Kier alpha value is -1.25. The molecular weight excluding hydrogens is 142 g/mol. The first-order chi connectivity index (χ1) is 5.11. The summed E-state index contributed by atoms with van der Waals surface area (Å²) in [7, 11) is 0. The zero-order valence-electron chi connectivity index (χ0n) is 6.61. The smallest absolute Gasteiger partial charge is 0.283 e. The summed E-state index contributed by atoms with van der Waals surface area (Å²) >= 11 is 0. The molecule has 0 unspecified atom stereocenters. The molecule has 1 N–H and O–H groups in total. The Morgan fingerprint density at radius 2 is 2.18 bits per heavy atom. The lowest BCUT2D eigenvalue weighted by molar-refractivity contribution is 0.174. The molecule has 0 aliphatic heterocycles. The number of pyridine rings is 1. The maximum atomic E-state index is 10.9. The van der Waals surface area contributed by atoms with Gasteiger partial charge in [0.25, 0.3) is 5.56 Å². The molecule has 3 nitrogen and oxygen atoms in total. The number of rotatable bonds is 1. The van der Waals surface area contributed by atoms with Crippen LogP contribution in [0.5, 0.6) is 0 Å². The van der Waals surface area contributed by atoms with Gasteiger partial charge >= 0.3 is 0 Å². The van der Waals surface area contributed by atoms with Crippen LogP contribution in [-0.2, 0) is 0 Å². The lowest BCUT2D eigenvalue weighted by Crippen LogP contribution is -2.16. The van der Waals surface area contributed by atoms with Crippen LogP contribution in [-0.4, -0.2) is 9.94 Å². The highest BCUT2D eigenvalue weighted by Gasteiger charge is 1.99. The van der Waals surface area contributed by atoms with Crippen molar-refractivity contribution in [3.05, 3.63) is 34.2 Å². The van der Waals surface area contributed by atoms with E-state index in [9.17, 15) is 4.79 Å². The number of hydrogen-bond acceptors (Lipinski definition) is 2. The molecule has 0 aromatic carbocycles. The van der Waals surface area contributed by atoms with Gasteiger partial charge in [0.15, 0.2) is 0 Å². The standard InChI is InChI=1S/C8H11NO2/c1-6(2)7-3-4-9(11)8(10)5-7/h3-6,11H,1-2H3. The van der Waals surface area contributed by atoms with Gasteiger partial charge in [0.1, 0.15) is 0 Å². The van der Waals surface area contributed by atoms with Crippen LogP contribution in [0.3, 0.4) is 0 Å². The Labute approximate surface area is 64.9 Å². The van der Waals surface area contributed by atoms with Crippen molar-refractivity contribution in [3.63, 3.8) is 0 Å². The van der Waals surface area contributed by atoms with E-state index in [1.165, 1.54) is 12.3 Å². The Morgan fingerprint density at radius 3 is 2.64 bits per heavy atom. The van der Waals surface area contributed by atoms with Crippen molar-refractivity contribution in [2.45, 2.75) is 19.8 Å². The predicted octanol–water partition coefficient (Wildman–Crippen LogP) is 1.21. The second kappa shape index (κ2) is 2.78. The molecule has 1 aromatic heterocycles. The number of hydrogen-bond donors (Lipinski definition) is 1. The molecule has 3 heteroatoms. The minimum Gasteiger partial charge on any atom is -0.425 e. The van der Waals surface area contributed by atoms with E-state index in [-0.39, 0.29) is 5.56 Å². The minimum atomic E-state index is -0.379. The summed E-state index contributed by atoms with van der Waals surface area (Å²) in [5, 5.41) is 8.83. The lowest BCUT2D eigenvalue weighted by atomic mass is 10.1. The third kappa shape index (κ3) is 1.61. The van der Waals surface area contributed by atoms with Crippen LogP contribution in [0.4, 0.5) is 0 Å². The van der Waals surface area contributed by atoms with Gasteiger partial charge in [-0.05, 0) is 17.5 Å². The average molecular weight is 153 g/mol. The predicted molar refractivity (Wildman–Crippen MR) is 42.0 cm³/mol. The van der Waals surface area contributed by atoms with Gasteiger partial charge in [-0.15, -0.1) is 0 Å². The summed E-state index contributed by atoms with van der Waals surface area (Å²) in [6.07, 6.45) is 1.36. The Morgan fingerprint density at radius 1 is 1.55 bits per heavy atom. The van der Waals surface area contributed by atoms with E-state index in [1.807, 2.05) is 13.8 Å². The molecule has 0 aliphatic carbocycles. The van der Waals surface area contributed by atoms with Gasteiger partial charge in [-0.3, -0.25) is 4.79 Å². The fourth-order valence-corrected chi connectivity index (χ4v) is 0.846. The maximum Gasteiger partial charge on any atom is 0.283 e. The van der Waals surface area contributed by atoms with Crippen LogP contribution in [0.25, 0.3) is 0 Å². The molecule has 0 aliphatic rings. The molecule has 1 aromatic rings. The SMILES string of the molecule is CC(C)c1ccn(O)c(=O)c1. The Kier molecular flexibility index (Phi) is 1.98. The van der Waals surface area contributed by atoms with E-state index in [0.717, 1.165) is 5.56 Å². The summed E-state index contributed by atoms with van der Waals surface area (Å²) in [6, 6.07) is 3.16. The van der Waals surface area contributed by atoms with Gasteiger partial charge in [0.05, 0.1) is 0 Å². The van der Waals surface area contributed by atoms with Gasteiger partial charge in [-0.25, -0.2) is 0 Å². The first-order valence-electron chi connectivity index (χ1n) is 3.53. The second-order valence-corrected chi connectivity index (χ2v) is 2.80. The van der Waals surface area contributed by atoms with Gasteiger partial charge in [0.2, 0.25) is 0 Å². The van der Waals surface area contributed by atoms with E-state index in [2.05, 4.69) is 0 Å². The van der Waals surface area contributed by atoms with Crippen molar-refractivity contribution in [2.75, 3.05) is 0 Å². The first-order valence-corrected chi connectivity index (χ1v) is 3.53. The van der Waals surface area contributed by atoms with E-state index in [4.69, 9.17) is 5.21 Å². The molecule has 60 valence electrons. The molecule has 1 heterocycles. The van der Waals surface area contributed by atoms with Crippen LogP contribution >= 0.6 is 0 Å². The van der Waals surface area contributed by atoms with Crippen molar-refractivity contribution in [1.82, 2.24) is 4.73 Å². The minimum absolute atomic E-state index is 0.323. The molecular formula is C8H11NO2. The molecule has 1 rings (SSSR count). The first kappa shape index (κ1) is 7.85. The molecule has 11 heavy (non-hydrogen) atoms. The molecule has 0 radical (unpaired) electrons. The third-order valence-electron chi connectivity index (χ3n) is 1.59. The second-order valence-electron chi connectivity index (χ2n) is 2.80. The number of aromatic nitrogens is 1. The highest BCUT2D eigenvalue weighted by molar-refractivity contribution is 5.14. The topological polar surface area (TPSA) is 42.2 Å². The van der Waals surface area contributed by atoms with Crippen molar-refractivity contribution in [3.8, 4) is 0 Å². The van der Waals surface area contributed by atoms with Crippen LogP contribution in [0.2, 0.25) is 0 Å². The molecule has 0 amide bonds. The molecule has 0 spiro atoms. The van der Waals surface area contributed by atoms with Gasteiger partial charge in [-0.1, -0.05) is 13.8 Å². The number of nitrogens with zero attached hydrogens (tertiary/aromatic N) is 1. The fraction of sp³-hybridized carbons (Fsp3) is 0.375. The van der Waals surface area contributed by atoms with Crippen molar-refractivity contribution < 1.29 is 5.21 Å². The van der Waals surface area contributed by atoms with E-state index < -0.39 is 0 Å². The van der Waals surface area contributed by atoms with Crippen molar-refractivity contribution in [2.24, 2.45) is 0 Å². The van der Waals surface area contributed by atoms with Gasteiger partial charge < -0.3 is 5.21 Å². The zero-order chi connectivity index (χ0) is 8.43. The Bertz CT molecular complexity index is 301. The summed E-state index contributed by atoms with van der Waals surface area (Å²) in [4.78, 5) is 10.9. The van der Waals surface area contributed by atoms with Crippen molar-refractivity contribution >= 4 is 0 Å². The van der Waals surface area contributed by atoms with Crippen LogP contribution in [0.15, 0.2) is 23.1 Å². The summed E-state index contributed by atoms with van der Waals surface area (Å²) in [5.74, 6) is 0.323. The summed E-state index contributed by atoms with van der Waals surface area (Å²) in [5.41, 5.74) is 0.566. The van der Waals surface area contributed by atoms with Crippen molar-refractivity contribution in [1.29, 1.82) is 0 Å². The summed E-state index contributed by atoms with van der Waals surface area (Å²) in [6.45, 7) is 3.99. The molecule has 0 saturated heterocycles. The molecule has 0 bridgehead atoms. The van der Waals surface area contributed by atoms with Crippen LogP contribution in [0.1, 0.15) is 25.3 Å². The zero-order valence-corrected chi connectivity index (χ0v) is 6.61. The highest BCUT2D eigenvalue weighted by atomic mass is 16.5. The fourth-order valence-electron chi connectivity index (χ4n) is 0.846.